The van der Waals surface area contributed by atoms with Crippen LogP contribution >= 0.6 is 0 Å². The van der Waals surface area contributed by atoms with Crippen molar-refractivity contribution < 1.29 is 5.21 Å². The normalized spacial score (nSPS) is 26.3. The molecule has 0 radical (unpaired) electrons. The Balaban J connectivity index is 2.70. The predicted molar refractivity (Wildman–Crippen MR) is 35.7 cm³/mol. The van der Waals surface area contributed by atoms with Crippen LogP contribution in [0.5, 0.6) is 0 Å². The molecule has 1 atom stereocenters. The molecule has 9 heavy (non-hydrogen) atoms. The van der Waals surface area contributed by atoms with Crippen molar-refractivity contribution in [2.24, 2.45) is 5.92 Å². The number of hydrogen-bond donors (Lipinski definition) is 1. The quantitative estimate of drug-likeness (QED) is 0.533. The maximum absolute atomic E-state index is 8.87. The monoisotopic (exact) mass is 125 g/mol. The van der Waals surface area contributed by atoms with Gasteiger partial charge in [-0.2, -0.15) is 0 Å². The average molecular weight is 125 g/mol. The Hall–Kier alpha value is -0.760. The summed E-state index contributed by atoms with van der Waals surface area (Å²) in [5.74, 6) is 0.466. The molecule has 0 saturated heterocycles. The third-order valence-corrected chi connectivity index (χ3v) is 1.58. The first-order chi connectivity index (χ1) is 4.20. The van der Waals surface area contributed by atoms with Crippen LogP contribution in [-0.2, 0) is 0 Å². The van der Waals surface area contributed by atoms with Crippen molar-refractivity contribution in [2.45, 2.75) is 13.8 Å². The van der Waals surface area contributed by atoms with E-state index in [4.69, 9.17) is 5.21 Å². The Morgan fingerprint density at radius 3 is 2.78 bits per heavy atom. The number of hydrogen-bond acceptors (Lipinski definition) is 2. The zero-order valence-corrected chi connectivity index (χ0v) is 5.70. The fraction of sp³-hybridized carbons (Fsp3) is 0.429. The maximum Gasteiger partial charge on any atom is 0.0319 e. The molecule has 1 aliphatic rings. The molecule has 1 aliphatic heterocycles. The lowest BCUT2D eigenvalue weighted by atomic mass is 10.0. The largest absolute Gasteiger partial charge is 0.285 e. The van der Waals surface area contributed by atoms with Crippen molar-refractivity contribution in [1.82, 2.24) is 5.06 Å². The molecular formula is C7H11NO. The molecule has 0 aromatic rings. The summed E-state index contributed by atoms with van der Waals surface area (Å²) in [5, 5.41) is 9.95. The van der Waals surface area contributed by atoms with Crippen molar-refractivity contribution in [3.63, 3.8) is 0 Å². The van der Waals surface area contributed by atoms with Gasteiger partial charge in [-0.05, 0) is 18.4 Å². The average Bonchev–Trinajstić information content (AvgIpc) is 1.80. The third-order valence-electron chi connectivity index (χ3n) is 1.58. The summed E-state index contributed by atoms with van der Waals surface area (Å²) in [6.07, 6.45) is 5.32. The van der Waals surface area contributed by atoms with Crippen molar-refractivity contribution in [1.29, 1.82) is 0 Å². The highest BCUT2D eigenvalue weighted by Gasteiger charge is 2.05. The van der Waals surface area contributed by atoms with Gasteiger partial charge in [0.25, 0.3) is 0 Å². The number of rotatable bonds is 0. The lowest BCUT2D eigenvalue weighted by Crippen LogP contribution is -2.10. The van der Waals surface area contributed by atoms with Crippen LogP contribution in [0.15, 0.2) is 24.0 Å². The minimum atomic E-state index is 0.466. The van der Waals surface area contributed by atoms with Crippen LogP contribution in [0.4, 0.5) is 0 Å². The van der Waals surface area contributed by atoms with Gasteiger partial charge < -0.3 is 0 Å². The molecule has 1 heterocycles. The summed E-state index contributed by atoms with van der Waals surface area (Å²) >= 11 is 0. The van der Waals surface area contributed by atoms with Crippen LogP contribution in [0, 0.1) is 5.92 Å². The van der Waals surface area contributed by atoms with E-state index in [1.54, 1.807) is 12.4 Å². The van der Waals surface area contributed by atoms with Gasteiger partial charge in [0.1, 0.15) is 0 Å². The molecule has 0 aromatic heterocycles. The van der Waals surface area contributed by atoms with E-state index in [2.05, 4.69) is 6.92 Å². The molecule has 0 amide bonds. The molecule has 1 N–H and O–H groups in total. The number of allylic oxidation sites excluding steroid dienone is 2. The molecule has 0 saturated carbocycles. The van der Waals surface area contributed by atoms with Gasteiger partial charge in [0.15, 0.2) is 0 Å². The van der Waals surface area contributed by atoms with E-state index < -0.39 is 0 Å². The first-order valence-corrected chi connectivity index (χ1v) is 3.04. The van der Waals surface area contributed by atoms with E-state index in [0.717, 1.165) is 5.06 Å². The van der Waals surface area contributed by atoms with Crippen molar-refractivity contribution in [3.8, 4) is 0 Å². The molecule has 50 valence electrons. The van der Waals surface area contributed by atoms with Gasteiger partial charge in [0, 0.05) is 12.4 Å². The highest BCUT2D eigenvalue weighted by molar-refractivity contribution is 5.13. The number of hydroxylamine groups is 2. The summed E-state index contributed by atoms with van der Waals surface area (Å²) in [6, 6.07) is 0. The van der Waals surface area contributed by atoms with Gasteiger partial charge in [-0.25, -0.2) is 5.06 Å². The van der Waals surface area contributed by atoms with Crippen LogP contribution in [0.1, 0.15) is 13.8 Å². The standard InChI is InChI=1S/C7H11NO/c1-6-3-4-8(9)5-7(6)2/h3-6,9H,1-2H3. The zero-order chi connectivity index (χ0) is 6.85. The fourth-order valence-corrected chi connectivity index (χ4v) is 0.738. The van der Waals surface area contributed by atoms with E-state index in [1.165, 1.54) is 5.57 Å². The van der Waals surface area contributed by atoms with Crippen LogP contribution in [0.2, 0.25) is 0 Å². The van der Waals surface area contributed by atoms with Gasteiger partial charge >= 0.3 is 0 Å². The van der Waals surface area contributed by atoms with E-state index >= 15 is 0 Å². The number of nitrogens with zero attached hydrogens (tertiary/aromatic N) is 1. The first kappa shape index (κ1) is 6.36. The van der Waals surface area contributed by atoms with Crippen LogP contribution in [0.3, 0.4) is 0 Å². The van der Waals surface area contributed by atoms with Crippen LogP contribution < -0.4 is 0 Å². The molecule has 0 spiro atoms. The SMILES string of the molecule is CC1=CN(O)C=CC1C. The molecular weight excluding hydrogens is 114 g/mol. The molecule has 0 aromatic carbocycles. The third kappa shape index (κ3) is 1.33. The lowest BCUT2D eigenvalue weighted by molar-refractivity contribution is 0.00748. The summed E-state index contributed by atoms with van der Waals surface area (Å²) in [5.41, 5.74) is 1.18. The second-order valence-electron chi connectivity index (χ2n) is 2.38. The van der Waals surface area contributed by atoms with Crippen LogP contribution in [-0.4, -0.2) is 10.3 Å². The van der Waals surface area contributed by atoms with Gasteiger partial charge in [-0.15, -0.1) is 0 Å². The maximum atomic E-state index is 8.87. The Kier molecular flexibility index (Phi) is 1.58. The molecule has 2 nitrogen and oxygen atoms in total. The van der Waals surface area contributed by atoms with Crippen molar-refractivity contribution in [3.05, 3.63) is 24.0 Å². The van der Waals surface area contributed by atoms with Gasteiger partial charge in [-0.3, -0.25) is 5.21 Å². The Bertz CT molecular complexity index is 160. The first-order valence-electron chi connectivity index (χ1n) is 3.04. The summed E-state index contributed by atoms with van der Waals surface area (Å²) < 4.78 is 0. The van der Waals surface area contributed by atoms with Gasteiger partial charge in [-0.1, -0.05) is 13.0 Å². The Morgan fingerprint density at radius 1 is 1.67 bits per heavy atom. The molecule has 0 fully saturated rings. The van der Waals surface area contributed by atoms with E-state index in [0.29, 0.717) is 5.92 Å². The van der Waals surface area contributed by atoms with E-state index in [-0.39, 0.29) is 0 Å². The molecule has 0 aliphatic carbocycles. The summed E-state index contributed by atoms with van der Waals surface area (Å²) in [4.78, 5) is 0. The zero-order valence-electron chi connectivity index (χ0n) is 5.70. The predicted octanol–water partition coefficient (Wildman–Crippen LogP) is 1.74. The highest BCUT2D eigenvalue weighted by Crippen LogP contribution is 2.15. The van der Waals surface area contributed by atoms with Gasteiger partial charge in [0.2, 0.25) is 0 Å². The second kappa shape index (κ2) is 2.23. The highest BCUT2D eigenvalue weighted by atomic mass is 16.5. The van der Waals surface area contributed by atoms with Gasteiger partial charge in [0.05, 0.1) is 0 Å². The van der Waals surface area contributed by atoms with Crippen LogP contribution in [0.25, 0.3) is 0 Å². The molecule has 0 bridgehead atoms. The minimum Gasteiger partial charge on any atom is -0.285 e. The Morgan fingerprint density at radius 2 is 2.33 bits per heavy atom. The summed E-state index contributed by atoms with van der Waals surface area (Å²) in [6.45, 7) is 4.09. The van der Waals surface area contributed by atoms with Crippen molar-refractivity contribution in [2.75, 3.05) is 0 Å². The minimum absolute atomic E-state index is 0.466. The smallest absolute Gasteiger partial charge is 0.0319 e. The van der Waals surface area contributed by atoms with E-state index in [1.807, 2.05) is 13.0 Å². The Labute approximate surface area is 55.1 Å². The lowest BCUT2D eigenvalue weighted by Gasteiger charge is -2.16. The van der Waals surface area contributed by atoms with E-state index in [9.17, 15) is 0 Å². The summed E-state index contributed by atoms with van der Waals surface area (Å²) in [7, 11) is 0. The molecule has 1 rings (SSSR count). The fourth-order valence-electron chi connectivity index (χ4n) is 0.738. The topological polar surface area (TPSA) is 23.5 Å². The van der Waals surface area contributed by atoms with Crippen molar-refractivity contribution >= 4 is 0 Å². The molecule has 1 unspecified atom stereocenters. The molecule has 2 heteroatoms. The second-order valence-corrected chi connectivity index (χ2v) is 2.38.